The third kappa shape index (κ3) is 2.39. The van der Waals surface area contributed by atoms with Gasteiger partial charge >= 0.3 is 0 Å². The van der Waals surface area contributed by atoms with Crippen molar-refractivity contribution in [3.05, 3.63) is 33.8 Å². The predicted molar refractivity (Wildman–Crippen MR) is 63.4 cm³/mol. The second kappa shape index (κ2) is 4.78. The van der Waals surface area contributed by atoms with Gasteiger partial charge in [-0.05, 0) is 36.1 Å². The first-order valence-corrected chi connectivity index (χ1v) is 5.99. The van der Waals surface area contributed by atoms with Crippen LogP contribution in [0.15, 0.2) is 22.7 Å². The Morgan fingerprint density at radius 2 is 2.40 bits per heavy atom. The number of aryl methyl sites for hydroxylation is 1. The van der Waals surface area contributed by atoms with Crippen molar-refractivity contribution < 1.29 is 0 Å². The summed E-state index contributed by atoms with van der Waals surface area (Å²) in [6.07, 6.45) is 2.87. The largest absolute Gasteiger partial charge is 0.309 e. The number of nitrogens with one attached hydrogen (secondary N) is 1. The van der Waals surface area contributed by atoms with Crippen LogP contribution in [0.5, 0.6) is 0 Å². The molecule has 78 valence electrons. The number of hydrogen-bond acceptors (Lipinski definition) is 2. The van der Waals surface area contributed by atoms with E-state index in [2.05, 4.69) is 45.5 Å². The predicted octanol–water partition coefficient (Wildman–Crippen LogP) is 2.94. The molecule has 1 aromatic carbocycles. The molecule has 0 bridgehead atoms. The Bertz CT molecular complexity index is 395. The third-order valence-electron chi connectivity index (χ3n) is 2.81. The SMILES string of the molecule is N#CCCNC1CCc2cc(Br)ccc21. The maximum atomic E-state index is 8.48. The van der Waals surface area contributed by atoms with Gasteiger partial charge in [0.25, 0.3) is 0 Å². The molecule has 3 heteroatoms. The number of hydrogen-bond donors (Lipinski definition) is 1. The van der Waals surface area contributed by atoms with Crippen LogP contribution in [0.4, 0.5) is 0 Å². The Labute approximate surface area is 98.4 Å². The average molecular weight is 265 g/mol. The fraction of sp³-hybridized carbons (Fsp3) is 0.417. The lowest BCUT2D eigenvalue weighted by molar-refractivity contribution is 0.538. The van der Waals surface area contributed by atoms with Crippen LogP contribution in [0.1, 0.15) is 30.0 Å². The highest BCUT2D eigenvalue weighted by Crippen LogP contribution is 2.32. The average Bonchev–Trinajstić information content (AvgIpc) is 2.61. The van der Waals surface area contributed by atoms with Crippen LogP contribution in [0, 0.1) is 11.3 Å². The summed E-state index contributed by atoms with van der Waals surface area (Å²) in [4.78, 5) is 0. The summed E-state index contributed by atoms with van der Waals surface area (Å²) < 4.78 is 1.15. The molecule has 1 atom stereocenters. The van der Waals surface area contributed by atoms with Crippen molar-refractivity contribution in [3.63, 3.8) is 0 Å². The van der Waals surface area contributed by atoms with Crippen LogP contribution in [-0.4, -0.2) is 6.54 Å². The molecule has 0 spiro atoms. The molecule has 0 radical (unpaired) electrons. The molecule has 2 rings (SSSR count). The van der Waals surface area contributed by atoms with E-state index in [0.29, 0.717) is 12.5 Å². The fourth-order valence-corrected chi connectivity index (χ4v) is 2.51. The zero-order valence-electron chi connectivity index (χ0n) is 8.46. The van der Waals surface area contributed by atoms with Gasteiger partial charge in [0.15, 0.2) is 0 Å². The molecule has 1 unspecified atom stereocenters. The van der Waals surface area contributed by atoms with Gasteiger partial charge in [-0.2, -0.15) is 5.26 Å². The van der Waals surface area contributed by atoms with Crippen LogP contribution >= 0.6 is 15.9 Å². The number of halogens is 1. The van der Waals surface area contributed by atoms with Crippen molar-refractivity contribution in [1.29, 1.82) is 5.26 Å². The first-order chi connectivity index (χ1) is 7.31. The Morgan fingerprint density at radius 3 is 3.20 bits per heavy atom. The Morgan fingerprint density at radius 1 is 1.53 bits per heavy atom. The maximum Gasteiger partial charge on any atom is 0.0635 e. The van der Waals surface area contributed by atoms with Gasteiger partial charge in [0.05, 0.1) is 6.07 Å². The van der Waals surface area contributed by atoms with E-state index in [0.717, 1.165) is 23.9 Å². The highest BCUT2D eigenvalue weighted by atomic mass is 79.9. The van der Waals surface area contributed by atoms with Crippen LogP contribution in [-0.2, 0) is 6.42 Å². The van der Waals surface area contributed by atoms with E-state index in [1.165, 1.54) is 11.1 Å². The lowest BCUT2D eigenvalue weighted by Gasteiger charge is -2.12. The standard InChI is InChI=1S/C12H13BrN2/c13-10-3-4-11-9(8-10)2-5-12(11)15-7-1-6-14/h3-4,8,12,15H,1-2,5,7H2. The van der Waals surface area contributed by atoms with E-state index < -0.39 is 0 Å². The van der Waals surface area contributed by atoms with E-state index in [9.17, 15) is 0 Å². The minimum atomic E-state index is 0.446. The molecule has 1 N–H and O–H groups in total. The van der Waals surface area contributed by atoms with Crippen LogP contribution in [0.2, 0.25) is 0 Å². The maximum absolute atomic E-state index is 8.48. The summed E-state index contributed by atoms with van der Waals surface area (Å²) in [5.41, 5.74) is 2.83. The Kier molecular flexibility index (Phi) is 3.40. The highest BCUT2D eigenvalue weighted by molar-refractivity contribution is 9.10. The summed E-state index contributed by atoms with van der Waals surface area (Å²) in [6, 6.07) is 9.06. The summed E-state index contributed by atoms with van der Waals surface area (Å²) in [5, 5.41) is 11.9. The summed E-state index contributed by atoms with van der Waals surface area (Å²) in [6.45, 7) is 0.788. The number of nitrogens with zero attached hydrogens (tertiary/aromatic N) is 1. The first-order valence-electron chi connectivity index (χ1n) is 5.20. The molecule has 1 aliphatic rings. The van der Waals surface area contributed by atoms with Crippen molar-refractivity contribution in [3.8, 4) is 6.07 Å². The first kappa shape index (κ1) is 10.7. The second-order valence-corrected chi connectivity index (χ2v) is 4.71. The van der Waals surface area contributed by atoms with Crippen molar-refractivity contribution >= 4 is 15.9 Å². The number of nitriles is 1. The van der Waals surface area contributed by atoms with Crippen molar-refractivity contribution in [1.82, 2.24) is 5.32 Å². The molecule has 1 aromatic rings. The normalized spacial score (nSPS) is 18.5. The molecule has 0 aliphatic heterocycles. The number of benzene rings is 1. The third-order valence-corrected chi connectivity index (χ3v) is 3.30. The minimum absolute atomic E-state index is 0.446. The molecule has 0 aromatic heterocycles. The lowest BCUT2D eigenvalue weighted by atomic mass is 10.1. The van der Waals surface area contributed by atoms with Gasteiger partial charge in [0.1, 0.15) is 0 Å². The molecule has 15 heavy (non-hydrogen) atoms. The van der Waals surface area contributed by atoms with Gasteiger partial charge in [-0.25, -0.2) is 0 Å². The van der Waals surface area contributed by atoms with Gasteiger partial charge in [-0.15, -0.1) is 0 Å². The zero-order chi connectivity index (χ0) is 10.7. The van der Waals surface area contributed by atoms with E-state index in [1.54, 1.807) is 0 Å². The smallest absolute Gasteiger partial charge is 0.0635 e. The summed E-state index contributed by atoms with van der Waals surface area (Å²) >= 11 is 3.49. The van der Waals surface area contributed by atoms with Crippen molar-refractivity contribution in [2.45, 2.75) is 25.3 Å². The molecule has 0 amide bonds. The molecule has 0 fully saturated rings. The van der Waals surface area contributed by atoms with Crippen molar-refractivity contribution in [2.75, 3.05) is 6.54 Å². The lowest BCUT2D eigenvalue weighted by Crippen LogP contribution is -2.19. The number of rotatable bonds is 3. The molecular weight excluding hydrogens is 252 g/mol. The van der Waals surface area contributed by atoms with E-state index in [-0.39, 0.29) is 0 Å². The van der Waals surface area contributed by atoms with Gasteiger partial charge in [0, 0.05) is 23.5 Å². The van der Waals surface area contributed by atoms with Crippen molar-refractivity contribution in [2.24, 2.45) is 0 Å². The van der Waals surface area contributed by atoms with Crippen LogP contribution in [0.25, 0.3) is 0 Å². The van der Waals surface area contributed by atoms with Gasteiger partial charge in [-0.3, -0.25) is 0 Å². The van der Waals surface area contributed by atoms with E-state index >= 15 is 0 Å². The minimum Gasteiger partial charge on any atom is -0.309 e. The highest BCUT2D eigenvalue weighted by Gasteiger charge is 2.21. The second-order valence-electron chi connectivity index (χ2n) is 3.80. The quantitative estimate of drug-likeness (QED) is 0.853. The zero-order valence-corrected chi connectivity index (χ0v) is 10.0. The topological polar surface area (TPSA) is 35.8 Å². The van der Waals surface area contributed by atoms with Gasteiger partial charge < -0.3 is 5.32 Å². The number of fused-ring (bicyclic) bond motifs is 1. The Balaban J connectivity index is 2.05. The van der Waals surface area contributed by atoms with Gasteiger partial charge in [0.2, 0.25) is 0 Å². The van der Waals surface area contributed by atoms with Gasteiger partial charge in [-0.1, -0.05) is 22.0 Å². The van der Waals surface area contributed by atoms with Crippen LogP contribution < -0.4 is 5.32 Å². The molecular formula is C12H13BrN2. The molecule has 1 aliphatic carbocycles. The molecule has 0 heterocycles. The Hall–Kier alpha value is -0.850. The summed E-state index contributed by atoms with van der Waals surface area (Å²) in [5.74, 6) is 0. The molecule has 2 nitrogen and oxygen atoms in total. The molecule has 0 saturated carbocycles. The van der Waals surface area contributed by atoms with E-state index in [4.69, 9.17) is 5.26 Å². The molecule has 0 saturated heterocycles. The van der Waals surface area contributed by atoms with Crippen LogP contribution in [0.3, 0.4) is 0 Å². The summed E-state index contributed by atoms with van der Waals surface area (Å²) in [7, 11) is 0. The van der Waals surface area contributed by atoms with E-state index in [1.807, 2.05) is 0 Å². The fourth-order valence-electron chi connectivity index (χ4n) is 2.10. The monoisotopic (exact) mass is 264 g/mol.